The Hall–Kier alpha value is -3.65. The van der Waals surface area contributed by atoms with Crippen molar-refractivity contribution in [3.8, 4) is 11.3 Å². The van der Waals surface area contributed by atoms with Gasteiger partial charge >= 0.3 is 0 Å². The molecule has 0 saturated heterocycles. The molecule has 0 spiro atoms. The molecule has 0 fully saturated rings. The van der Waals surface area contributed by atoms with E-state index in [1.165, 1.54) is 33.0 Å². The Bertz CT molecular complexity index is 1870. The fourth-order valence-electron chi connectivity index (χ4n) is 6.06. The average Bonchev–Trinajstić information content (AvgIpc) is 3.19. The molecule has 0 radical (unpaired) electrons. The van der Waals surface area contributed by atoms with E-state index in [-0.39, 0.29) is 10.8 Å². The molecule has 0 atom stereocenters. The van der Waals surface area contributed by atoms with Gasteiger partial charge in [0.2, 0.25) is 0 Å². The molecular formula is C36H37NO. The molecule has 38 heavy (non-hydrogen) atoms. The number of pyridine rings is 1. The van der Waals surface area contributed by atoms with Crippen LogP contribution in [0.15, 0.2) is 71.1 Å². The average molecular weight is 500 g/mol. The van der Waals surface area contributed by atoms with Gasteiger partial charge in [-0.1, -0.05) is 84.0 Å². The van der Waals surface area contributed by atoms with Crippen molar-refractivity contribution in [1.29, 1.82) is 0 Å². The van der Waals surface area contributed by atoms with Gasteiger partial charge in [-0.25, -0.2) is 4.98 Å². The number of hydrogen-bond donors (Lipinski definition) is 0. The maximum Gasteiger partial charge on any atom is 0.147 e. The monoisotopic (exact) mass is 499 g/mol. The van der Waals surface area contributed by atoms with Crippen LogP contribution in [0, 0.1) is 19.3 Å². The first kappa shape index (κ1) is 24.7. The Kier molecular flexibility index (Phi) is 5.47. The molecule has 6 aromatic rings. The van der Waals surface area contributed by atoms with Gasteiger partial charge in [0.1, 0.15) is 11.2 Å². The van der Waals surface area contributed by atoms with E-state index in [4.69, 9.17) is 9.40 Å². The third kappa shape index (κ3) is 4.17. The SMILES string of the molecule is Cc1cc(C)c2c(c1)nc(-c1cc(C(C)(C)C)c3ccccc3c1)c1c3ccc(CC(C)(C)C)cc3oc21. The highest BCUT2D eigenvalue weighted by molar-refractivity contribution is 6.20. The van der Waals surface area contributed by atoms with E-state index in [0.29, 0.717) is 0 Å². The summed E-state index contributed by atoms with van der Waals surface area (Å²) < 4.78 is 6.75. The minimum atomic E-state index is -0.000918. The molecule has 0 N–H and O–H groups in total. The number of benzene rings is 4. The standard InChI is InChI=1S/C36H37NO/c1-21-15-22(2)31-29(16-21)37-33(25-18-24-11-9-10-12-26(24)28(19-25)36(6,7)8)32-27-14-13-23(20-35(3,4)5)17-30(27)38-34(31)32/h9-19H,20H2,1-8H3. The van der Waals surface area contributed by atoms with Gasteiger partial charge in [0, 0.05) is 16.3 Å². The van der Waals surface area contributed by atoms with Gasteiger partial charge in [-0.05, 0) is 88.4 Å². The molecule has 192 valence electrons. The topological polar surface area (TPSA) is 26.0 Å². The van der Waals surface area contributed by atoms with Crippen LogP contribution in [0.3, 0.4) is 0 Å². The van der Waals surface area contributed by atoms with E-state index < -0.39 is 0 Å². The van der Waals surface area contributed by atoms with Crippen LogP contribution in [-0.2, 0) is 11.8 Å². The number of rotatable bonds is 2. The second kappa shape index (κ2) is 8.43. The van der Waals surface area contributed by atoms with Crippen molar-refractivity contribution in [1.82, 2.24) is 4.98 Å². The van der Waals surface area contributed by atoms with Crippen LogP contribution >= 0.6 is 0 Å². The lowest BCUT2D eigenvalue weighted by Gasteiger charge is -2.23. The summed E-state index contributed by atoms with van der Waals surface area (Å²) >= 11 is 0. The summed E-state index contributed by atoms with van der Waals surface area (Å²) in [5.74, 6) is 0. The van der Waals surface area contributed by atoms with Crippen LogP contribution in [0.1, 0.15) is 63.8 Å². The van der Waals surface area contributed by atoms with Gasteiger partial charge in [0.25, 0.3) is 0 Å². The Morgan fingerprint density at radius 1 is 0.763 bits per heavy atom. The van der Waals surface area contributed by atoms with Crippen LogP contribution < -0.4 is 0 Å². The maximum absolute atomic E-state index is 6.75. The fraction of sp³-hybridized carbons (Fsp3) is 0.306. The van der Waals surface area contributed by atoms with E-state index in [2.05, 4.69) is 122 Å². The van der Waals surface area contributed by atoms with Gasteiger partial charge < -0.3 is 4.42 Å². The van der Waals surface area contributed by atoms with Crippen LogP contribution in [0.2, 0.25) is 0 Å². The lowest BCUT2D eigenvalue weighted by molar-refractivity contribution is 0.411. The highest BCUT2D eigenvalue weighted by atomic mass is 16.3. The fourth-order valence-corrected chi connectivity index (χ4v) is 6.06. The number of hydrogen-bond acceptors (Lipinski definition) is 2. The smallest absolute Gasteiger partial charge is 0.147 e. The Labute approximate surface area is 225 Å². The van der Waals surface area contributed by atoms with Crippen molar-refractivity contribution >= 4 is 43.6 Å². The predicted octanol–water partition coefficient (Wildman–Crippen LogP) is 10.5. The molecule has 2 heterocycles. The van der Waals surface area contributed by atoms with Gasteiger partial charge in [0.15, 0.2) is 0 Å². The zero-order valence-corrected chi connectivity index (χ0v) is 23.9. The summed E-state index contributed by atoms with van der Waals surface area (Å²) in [6.07, 6.45) is 1.00. The maximum atomic E-state index is 6.75. The number of aromatic nitrogens is 1. The van der Waals surface area contributed by atoms with Crippen molar-refractivity contribution in [2.45, 2.75) is 67.2 Å². The van der Waals surface area contributed by atoms with E-state index in [0.717, 1.165) is 50.5 Å². The van der Waals surface area contributed by atoms with E-state index >= 15 is 0 Å². The Morgan fingerprint density at radius 3 is 2.26 bits per heavy atom. The van der Waals surface area contributed by atoms with E-state index in [1.807, 2.05) is 0 Å². The summed E-state index contributed by atoms with van der Waals surface area (Å²) in [6.45, 7) is 18.0. The molecule has 4 aromatic carbocycles. The zero-order valence-electron chi connectivity index (χ0n) is 23.9. The molecule has 0 aliphatic rings. The minimum Gasteiger partial charge on any atom is -0.455 e. The molecule has 6 rings (SSSR count). The van der Waals surface area contributed by atoms with Crippen LogP contribution in [0.25, 0.3) is 54.9 Å². The lowest BCUT2D eigenvalue weighted by atomic mass is 9.82. The third-order valence-corrected chi connectivity index (χ3v) is 7.59. The largest absolute Gasteiger partial charge is 0.455 e. The summed E-state index contributed by atoms with van der Waals surface area (Å²) in [4.78, 5) is 5.37. The summed E-state index contributed by atoms with van der Waals surface area (Å²) in [5.41, 5.74) is 10.3. The number of aryl methyl sites for hydroxylation is 2. The molecule has 0 amide bonds. The first-order valence-electron chi connectivity index (χ1n) is 13.7. The predicted molar refractivity (Wildman–Crippen MR) is 163 cm³/mol. The molecule has 0 bridgehead atoms. The van der Waals surface area contributed by atoms with E-state index in [1.54, 1.807) is 0 Å². The Morgan fingerprint density at radius 2 is 1.53 bits per heavy atom. The molecule has 0 aliphatic heterocycles. The van der Waals surface area contributed by atoms with Crippen molar-refractivity contribution in [2.24, 2.45) is 5.41 Å². The first-order valence-corrected chi connectivity index (χ1v) is 13.7. The second-order valence-electron chi connectivity index (χ2n) is 13.3. The zero-order chi connectivity index (χ0) is 27.0. The van der Waals surface area contributed by atoms with Gasteiger partial charge in [-0.2, -0.15) is 0 Å². The summed E-state index contributed by atoms with van der Waals surface area (Å²) in [6, 6.07) is 24.5. The van der Waals surface area contributed by atoms with Crippen molar-refractivity contribution in [3.63, 3.8) is 0 Å². The Balaban J connectivity index is 1.75. The van der Waals surface area contributed by atoms with Crippen LogP contribution in [-0.4, -0.2) is 4.98 Å². The number of furan rings is 1. The molecular weight excluding hydrogens is 462 g/mol. The van der Waals surface area contributed by atoms with Gasteiger partial charge in [-0.3, -0.25) is 0 Å². The summed E-state index contributed by atoms with van der Waals surface area (Å²) in [5, 5.41) is 5.89. The molecule has 2 heteroatoms. The summed E-state index contributed by atoms with van der Waals surface area (Å²) in [7, 11) is 0. The number of fused-ring (bicyclic) bond motifs is 6. The van der Waals surface area contributed by atoms with Crippen LogP contribution in [0.5, 0.6) is 0 Å². The highest BCUT2D eigenvalue weighted by Gasteiger charge is 2.23. The van der Waals surface area contributed by atoms with Crippen molar-refractivity contribution in [3.05, 3.63) is 89.0 Å². The lowest BCUT2D eigenvalue weighted by Crippen LogP contribution is -2.12. The molecule has 0 aliphatic carbocycles. The quantitative estimate of drug-likeness (QED) is 0.237. The van der Waals surface area contributed by atoms with Crippen molar-refractivity contribution in [2.75, 3.05) is 0 Å². The van der Waals surface area contributed by atoms with Crippen LogP contribution in [0.4, 0.5) is 0 Å². The molecule has 2 nitrogen and oxygen atoms in total. The third-order valence-electron chi connectivity index (χ3n) is 7.59. The highest BCUT2D eigenvalue weighted by Crippen LogP contribution is 2.43. The molecule has 0 unspecified atom stereocenters. The number of nitrogens with zero attached hydrogens (tertiary/aromatic N) is 1. The first-order chi connectivity index (χ1) is 17.9. The second-order valence-corrected chi connectivity index (χ2v) is 13.3. The van der Waals surface area contributed by atoms with Gasteiger partial charge in [0.05, 0.1) is 16.6 Å². The normalized spacial score (nSPS) is 12.8. The van der Waals surface area contributed by atoms with E-state index in [9.17, 15) is 0 Å². The van der Waals surface area contributed by atoms with Crippen molar-refractivity contribution < 1.29 is 4.42 Å². The van der Waals surface area contributed by atoms with Gasteiger partial charge in [-0.15, -0.1) is 0 Å². The minimum absolute atomic E-state index is 0.000918. The molecule has 0 saturated carbocycles. The molecule has 2 aromatic heterocycles.